The first kappa shape index (κ1) is 25.2. The minimum absolute atomic E-state index is 0.172. The van der Waals surface area contributed by atoms with Crippen LogP contribution in [0.4, 0.5) is 10.7 Å². The lowest BCUT2D eigenvalue weighted by molar-refractivity contribution is 0.0272. The summed E-state index contributed by atoms with van der Waals surface area (Å²) < 4.78 is 30.6. The highest BCUT2D eigenvalue weighted by molar-refractivity contribution is 7.90. The van der Waals surface area contributed by atoms with Gasteiger partial charge in [0.2, 0.25) is 5.95 Å². The maximum absolute atomic E-state index is 13.3. The third kappa shape index (κ3) is 4.92. The van der Waals surface area contributed by atoms with E-state index in [2.05, 4.69) is 15.3 Å². The number of aromatic nitrogens is 3. The first-order valence-corrected chi connectivity index (χ1v) is 14.2. The lowest BCUT2D eigenvalue weighted by Crippen LogP contribution is -2.38. The SMILES string of the molecule is CCn1c(=O)c(-c2ccc(S(C)(=O)=O)cc2)cc2cnc(NC3[C@H]4CN(C(=O)OC(C)(C)C)C[C@@H]34)nc21. The second kappa shape index (κ2) is 8.83. The van der Waals surface area contributed by atoms with Crippen molar-refractivity contribution in [2.75, 3.05) is 24.7 Å². The van der Waals surface area contributed by atoms with E-state index in [-0.39, 0.29) is 22.6 Å². The fraction of sp³-hybridized carbons (Fsp3) is 0.462. The molecule has 3 aromatic rings. The normalized spacial score (nSPS) is 21.1. The van der Waals surface area contributed by atoms with Crippen molar-refractivity contribution in [2.24, 2.45) is 11.8 Å². The Labute approximate surface area is 215 Å². The van der Waals surface area contributed by atoms with E-state index in [4.69, 9.17) is 4.74 Å². The van der Waals surface area contributed by atoms with E-state index in [1.54, 1.807) is 33.9 Å². The van der Waals surface area contributed by atoms with Crippen LogP contribution in [0.25, 0.3) is 22.2 Å². The topological polar surface area (TPSA) is 123 Å². The average molecular weight is 526 g/mol. The van der Waals surface area contributed by atoms with Gasteiger partial charge in [-0.15, -0.1) is 0 Å². The Morgan fingerprint density at radius 1 is 1.16 bits per heavy atom. The van der Waals surface area contributed by atoms with Crippen molar-refractivity contribution in [3.63, 3.8) is 0 Å². The number of carbonyl (C=O) groups excluding carboxylic acids is 1. The second-order valence-corrected chi connectivity index (χ2v) is 12.8. The summed E-state index contributed by atoms with van der Waals surface area (Å²) in [5.74, 6) is 1.08. The molecule has 2 fully saturated rings. The Morgan fingerprint density at radius 3 is 2.38 bits per heavy atom. The summed E-state index contributed by atoms with van der Waals surface area (Å²) in [6.07, 6.45) is 2.56. The molecule has 0 bridgehead atoms. The number of hydrogen-bond donors (Lipinski definition) is 1. The Kier molecular flexibility index (Phi) is 6.01. The highest BCUT2D eigenvalue weighted by atomic mass is 32.2. The van der Waals surface area contributed by atoms with Crippen molar-refractivity contribution < 1.29 is 17.9 Å². The lowest BCUT2D eigenvalue weighted by Gasteiger charge is -2.26. The number of nitrogens with zero attached hydrogens (tertiary/aromatic N) is 4. The fourth-order valence-electron chi connectivity index (χ4n) is 4.98. The Balaban J connectivity index is 1.35. The number of amides is 1. The number of piperidine rings is 1. The smallest absolute Gasteiger partial charge is 0.410 e. The number of benzene rings is 1. The van der Waals surface area contributed by atoms with Crippen LogP contribution >= 0.6 is 0 Å². The molecule has 11 heteroatoms. The van der Waals surface area contributed by atoms with Gasteiger partial charge in [0.25, 0.3) is 5.56 Å². The lowest BCUT2D eigenvalue weighted by atomic mass is 10.1. The third-order valence-electron chi connectivity index (χ3n) is 6.88. The average Bonchev–Trinajstić information content (AvgIpc) is 3.23. The molecule has 1 saturated heterocycles. The van der Waals surface area contributed by atoms with Crippen molar-refractivity contribution in [1.29, 1.82) is 0 Å². The molecule has 1 unspecified atom stereocenters. The number of ether oxygens (including phenoxy) is 1. The zero-order chi connectivity index (χ0) is 26.7. The first-order chi connectivity index (χ1) is 17.4. The molecule has 3 heterocycles. The molecule has 0 radical (unpaired) electrons. The molecule has 3 atom stereocenters. The molecule has 1 aromatic carbocycles. The Morgan fingerprint density at radius 2 is 1.81 bits per heavy atom. The summed E-state index contributed by atoms with van der Waals surface area (Å²) in [5.41, 5.74) is 0.891. The second-order valence-electron chi connectivity index (χ2n) is 10.8. The van der Waals surface area contributed by atoms with Gasteiger partial charge >= 0.3 is 6.09 Å². The van der Waals surface area contributed by atoms with Gasteiger partial charge in [0.1, 0.15) is 11.2 Å². The number of sulfone groups is 1. The van der Waals surface area contributed by atoms with E-state index in [0.717, 1.165) is 6.26 Å². The molecule has 2 aliphatic rings. The number of anilines is 1. The number of nitrogens with one attached hydrogen (secondary N) is 1. The quantitative estimate of drug-likeness (QED) is 0.539. The maximum atomic E-state index is 13.3. The Bertz CT molecular complexity index is 1530. The molecular formula is C26H31N5O5S. The van der Waals surface area contributed by atoms with E-state index in [1.807, 2.05) is 27.7 Å². The standard InChI is InChI=1S/C26H31N5O5S/c1-6-31-22-16(11-18(23(31)32)15-7-9-17(10-8-15)37(5,34)35)12-27-24(29-22)28-21-19-13-30(14-20(19)21)25(33)36-26(2,3)4/h7-12,19-21H,6,13-14H2,1-5H3,(H,27,28,29)/t19-,20+,21?. The number of aryl methyl sites for hydroxylation is 1. The first-order valence-electron chi connectivity index (χ1n) is 12.3. The van der Waals surface area contributed by atoms with E-state index in [9.17, 15) is 18.0 Å². The van der Waals surface area contributed by atoms with E-state index in [0.29, 0.717) is 59.6 Å². The molecule has 1 saturated carbocycles. The summed E-state index contributed by atoms with van der Waals surface area (Å²) in [6, 6.07) is 8.21. The van der Waals surface area contributed by atoms with Crippen molar-refractivity contribution in [1.82, 2.24) is 19.4 Å². The number of carbonyl (C=O) groups is 1. The zero-order valence-electron chi connectivity index (χ0n) is 21.6. The van der Waals surface area contributed by atoms with Crippen LogP contribution < -0.4 is 10.9 Å². The van der Waals surface area contributed by atoms with Crippen LogP contribution in [0.1, 0.15) is 27.7 Å². The molecule has 1 aliphatic carbocycles. The van der Waals surface area contributed by atoms with Gasteiger partial charge in [-0.3, -0.25) is 9.36 Å². The summed E-state index contributed by atoms with van der Waals surface area (Å²) in [7, 11) is -3.33. The minimum atomic E-state index is -3.33. The number of pyridine rings is 1. The van der Waals surface area contributed by atoms with Crippen LogP contribution in [0, 0.1) is 11.8 Å². The van der Waals surface area contributed by atoms with Crippen LogP contribution in [-0.2, 0) is 21.1 Å². The molecule has 196 valence electrons. The molecular weight excluding hydrogens is 494 g/mol. The molecule has 1 aliphatic heterocycles. The third-order valence-corrected chi connectivity index (χ3v) is 8.01. The van der Waals surface area contributed by atoms with Crippen molar-refractivity contribution in [3.05, 3.63) is 46.9 Å². The summed E-state index contributed by atoms with van der Waals surface area (Å²) in [6.45, 7) is 9.13. The van der Waals surface area contributed by atoms with Gasteiger partial charge in [-0.05, 0) is 51.5 Å². The van der Waals surface area contributed by atoms with Crippen molar-refractivity contribution >= 4 is 32.9 Å². The van der Waals surface area contributed by atoms with E-state index in [1.165, 1.54) is 12.1 Å². The van der Waals surface area contributed by atoms with Crippen molar-refractivity contribution in [3.8, 4) is 11.1 Å². The summed E-state index contributed by atoms with van der Waals surface area (Å²) in [5, 5.41) is 4.09. The van der Waals surface area contributed by atoms with Gasteiger partial charge in [0, 0.05) is 60.9 Å². The van der Waals surface area contributed by atoms with Gasteiger partial charge in [-0.2, -0.15) is 4.98 Å². The minimum Gasteiger partial charge on any atom is -0.444 e. The largest absolute Gasteiger partial charge is 0.444 e. The van der Waals surface area contributed by atoms with Gasteiger partial charge in [-0.25, -0.2) is 18.2 Å². The molecule has 10 nitrogen and oxygen atoms in total. The molecule has 1 N–H and O–H groups in total. The monoisotopic (exact) mass is 525 g/mol. The summed E-state index contributed by atoms with van der Waals surface area (Å²) in [4.78, 5) is 36.7. The van der Waals surface area contributed by atoms with Gasteiger partial charge in [0.05, 0.1) is 4.90 Å². The number of hydrogen-bond acceptors (Lipinski definition) is 8. The van der Waals surface area contributed by atoms with Gasteiger partial charge in [-0.1, -0.05) is 12.1 Å². The van der Waals surface area contributed by atoms with E-state index < -0.39 is 15.4 Å². The molecule has 37 heavy (non-hydrogen) atoms. The molecule has 0 spiro atoms. The van der Waals surface area contributed by atoms with Crippen LogP contribution in [0.2, 0.25) is 0 Å². The molecule has 2 aromatic heterocycles. The highest BCUT2D eigenvalue weighted by Gasteiger charge is 2.57. The van der Waals surface area contributed by atoms with Crippen LogP contribution in [0.15, 0.2) is 46.2 Å². The Hall–Kier alpha value is -3.47. The van der Waals surface area contributed by atoms with Gasteiger partial charge < -0.3 is 15.0 Å². The summed E-state index contributed by atoms with van der Waals surface area (Å²) >= 11 is 0. The predicted octanol–water partition coefficient (Wildman–Crippen LogP) is 3.16. The zero-order valence-corrected chi connectivity index (χ0v) is 22.4. The maximum Gasteiger partial charge on any atom is 0.410 e. The van der Waals surface area contributed by atoms with Crippen molar-refractivity contribution in [2.45, 2.75) is 50.8 Å². The highest BCUT2D eigenvalue weighted by Crippen LogP contribution is 2.47. The van der Waals surface area contributed by atoms with Gasteiger partial charge in [0.15, 0.2) is 9.84 Å². The number of fused-ring (bicyclic) bond motifs is 2. The molecule has 5 rings (SSSR count). The fourth-order valence-corrected chi connectivity index (χ4v) is 5.61. The molecule has 1 amide bonds. The van der Waals surface area contributed by atoms with E-state index >= 15 is 0 Å². The predicted molar refractivity (Wildman–Crippen MR) is 140 cm³/mol. The van der Waals surface area contributed by atoms with Crippen LogP contribution in [-0.4, -0.2) is 64.9 Å². The van der Waals surface area contributed by atoms with Crippen LogP contribution in [0.3, 0.4) is 0 Å². The van der Waals surface area contributed by atoms with Crippen LogP contribution in [0.5, 0.6) is 0 Å². The number of rotatable bonds is 5. The number of likely N-dealkylation sites (tertiary alicyclic amines) is 1.